The van der Waals surface area contributed by atoms with Gasteiger partial charge in [-0.1, -0.05) is 36.2 Å². The molecule has 1 saturated carbocycles. The number of hydrogen-bond acceptors (Lipinski definition) is 3. The maximum absolute atomic E-state index is 12.9. The molecule has 6 nitrogen and oxygen atoms in total. The van der Waals surface area contributed by atoms with Gasteiger partial charge >= 0.3 is 12.2 Å². The van der Waals surface area contributed by atoms with Gasteiger partial charge in [0.1, 0.15) is 12.1 Å². The second-order valence-corrected chi connectivity index (χ2v) is 7.98. The monoisotopic (exact) mass is 411 g/mol. The highest BCUT2D eigenvalue weighted by molar-refractivity contribution is 6.09. The zero-order valence-corrected chi connectivity index (χ0v) is 16.3. The number of benzene rings is 1. The van der Waals surface area contributed by atoms with Gasteiger partial charge in [-0.15, -0.1) is 0 Å². The number of carbonyl (C=O) groups excluding carboxylic acids is 3. The highest BCUT2D eigenvalue weighted by Crippen LogP contribution is 2.37. The van der Waals surface area contributed by atoms with Crippen LogP contribution in [0, 0.1) is 12.8 Å². The molecular formula is C20H24F3N3O3. The van der Waals surface area contributed by atoms with Crippen LogP contribution in [0.25, 0.3) is 0 Å². The zero-order chi connectivity index (χ0) is 21.4. The van der Waals surface area contributed by atoms with Crippen LogP contribution in [0.4, 0.5) is 18.0 Å². The van der Waals surface area contributed by atoms with Crippen LogP contribution >= 0.6 is 0 Å². The molecule has 0 spiro atoms. The van der Waals surface area contributed by atoms with Crippen molar-refractivity contribution in [2.24, 2.45) is 5.92 Å². The van der Waals surface area contributed by atoms with Gasteiger partial charge in [0.15, 0.2) is 0 Å². The summed E-state index contributed by atoms with van der Waals surface area (Å²) in [5.41, 5.74) is 0.289. The molecule has 1 aromatic rings. The van der Waals surface area contributed by atoms with Crippen molar-refractivity contribution in [2.75, 3.05) is 6.54 Å². The minimum Gasteiger partial charge on any atom is -0.352 e. The van der Waals surface area contributed by atoms with Gasteiger partial charge in [-0.05, 0) is 38.7 Å². The summed E-state index contributed by atoms with van der Waals surface area (Å²) in [4.78, 5) is 38.3. The van der Waals surface area contributed by atoms with E-state index in [0.717, 1.165) is 10.5 Å². The molecule has 1 saturated heterocycles. The van der Waals surface area contributed by atoms with Crippen LogP contribution in [0.3, 0.4) is 0 Å². The first-order chi connectivity index (χ1) is 13.5. The molecule has 1 aromatic carbocycles. The quantitative estimate of drug-likeness (QED) is 0.748. The Morgan fingerprint density at radius 2 is 1.90 bits per heavy atom. The van der Waals surface area contributed by atoms with E-state index in [-0.39, 0.29) is 12.8 Å². The Bertz CT molecular complexity index is 809. The summed E-state index contributed by atoms with van der Waals surface area (Å²) >= 11 is 0. The van der Waals surface area contributed by atoms with Crippen molar-refractivity contribution >= 4 is 17.8 Å². The Kier molecular flexibility index (Phi) is 5.60. The van der Waals surface area contributed by atoms with E-state index in [1.807, 2.05) is 19.1 Å². The molecule has 2 aliphatic rings. The largest absolute Gasteiger partial charge is 0.391 e. The molecule has 1 aliphatic heterocycles. The Morgan fingerprint density at radius 3 is 2.52 bits per heavy atom. The van der Waals surface area contributed by atoms with Crippen molar-refractivity contribution in [3.8, 4) is 0 Å². The lowest BCUT2D eigenvalue weighted by Gasteiger charge is -2.31. The van der Waals surface area contributed by atoms with E-state index in [4.69, 9.17) is 0 Å². The molecule has 3 unspecified atom stereocenters. The van der Waals surface area contributed by atoms with Crippen molar-refractivity contribution in [2.45, 2.75) is 57.3 Å². The van der Waals surface area contributed by atoms with Crippen molar-refractivity contribution in [1.82, 2.24) is 15.5 Å². The van der Waals surface area contributed by atoms with Crippen LogP contribution in [0.15, 0.2) is 24.3 Å². The summed E-state index contributed by atoms with van der Waals surface area (Å²) in [6, 6.07) is 5.77. The van der Waals surface area contributed by atoms with Crippen molar-refractivity contribution in [1.29, 1.82) is 0 Å². The van der Waals surface area contributed by atoms with Crippen LogP contribution < -0.4 is 10.6 Å². The van der Waals surface area contributed by atoms with E-state index in [1.165, 1.54) is 0 Å². The van der Waals surface area contributed by atoms with Gasteiger partial charge in [-0.3, -0.25) is 14.5 Å². The SMILES string of the molecule is Cc1ccc(C2(C)NC(=O)N(CC(=O)NC3CCCC(C(F)(F)F)C3)C2=O)cc1. The lowest BCUT2D eigenvalue weighted by Crippen LogP contribution is -2.47. The topological polar surface area (TPSA) is 78.5 Å². The van der Waals surface area contributed by atoms with E-state index in [0.29, 0.717) is 18.4 Å². The van der Waals surface area contributed by atoms with Crippen LogP contribution in [0.2, 0.25) is 0 Å². The summed E-state index contributed by atoms with van der Waals surface area (Å²) in [5.74, 6) is -2.66. The standard InChI is InChI=1S/C20H24F3N3O3/c1-12-6-8-13(9-7-12)19(2)17(28)26(18(29)25-19)11-16(27)24-15-5-3-4-14(10-15)20(21,22)23/h6-9,14-15H,3-5,10-11H2,1-2H3,(H,24,27)(H,25,29). The fourth-order valence-corrected chi connectivity index (χ4v) is 3.96. The number of nitrogens with zero attached hydrogens (tertiary/aromatic N) is 1. The molecule has 0 radical (unpaired) electrons. The highest BCUT2D eigenvalue weighted by Gasteiger charge is 2.49. The van der Waals surface area contributed by atoms with Crippen LogP contribution in [-0.2, 0) is 15.1 Å². The highest BCUT2D eigenvalue weighted by atomic mass is 19.4. The number of carbonyl (C=O) groups is 3. The summed E-state index contributed by atoms with van der Waals surface area (Å²) in [5, 5.41) is 5.16. The number of hydrogen-bond donors (Lipinski definition) is 2. The maximum atomic E-state index is 12.9. The second-order valence-electron chi connectivity index (χ2n) is 7.98. The molecule has 1 aliphatic carbocycles. The number of rotatable bonds is 4. The predicted octanol–water partition coefficient (Wildman–Crippen LogP) is 3.00. The molecule has 29 heavy (non-hydrogen) atoms. The number of amides is 4. The second kappa shape index (κ2) is 7.68. The number of nitrogens with one attached hydrogen (secondary N) is 2. The zero-order valence-electron chi connectivity index (χ0n) is 16.3. The fraction of sp³-hybridized carbons (Fsp3) is 0.550. The van der Waals surface area contributed by atoms with Crippen molar-refractivity contribution in [3.05, 3.63) is 35.4 Å². The number of urea groups is 1. The third-order valence-corrected chi connectivity index (χ3v) is 5.71. The van der Waals surface area contributed by atoms with E-state index in [2.05, 4.69) is 10.6 Å². The van der Waals surface area contributed by atoms with Crippen molar-refractivity contribution in [3.63, 3.8) is 0 Å². The molecule has 2 N–H and O–H groups in total. The molecule has 3 rings (SSSR count). The normalized spacial score (nSPS) is 27.7. The first-order valence-corrected chi connectivity index (χ1v) is 9.58. The molecule has 9 heteroatoms. The summed E-state index contributed by atoms with van der Waals surface area (Å²) in [7, 11) is 0. The van der Waals surface area contributed by atoms with Crippen LogP contribution in [0.5, 0.6) is 0 Å². The average molecular weight is 411 g/mol. The minimum absolute atomic E-state index is 0.0534. The van der Waals surface area contributed by atoms with Gasteiger partial charge in [-0.2, -0.15) is 13.2 Å². The Labute approximate surface area is 166 Å². The van der Waals surface area contributed by atoms with Gasteiger partial charge in [0, 0.05) is 6.04 Å². The first-order valence-electron chi connectivity index (χ1n) is 9.58. The third-order valence-electron chi connectivity index (χ3n) is 5.71. The number of aryl methyl sites for hydroxylation is 1. The average Bonchev–Trinajstić information content (AvgIpc) is 2.86. The number of imide groups is 1. The Hall–Kier alpha value is -2.58. The maximum Gasteiger partial charge on any atom is 0.391 e. The smallest absolute Gasteiger partial charge is 0.352 e. The fourth-order valence-electron chi connectivity index (χ4n) is 3.96. The summed E-state index contributed by atoms with van der Waals surface area (Å²) in [6.07, 6.45) is -3.61. The molecule has 2 fully saturated rings. The van der Waals surface area contributed by atoms with E-state index >= 15 is 0 Å². The van der Waals surface area contributed by atoms with E-state index in [9.17, 15) is 27.6 Å². The first kappa shape index (κ1) is 21.1. The molecule has 0 aromatic heterocycles. The molecule has 3 atom stereocenters. The predicted molar refractivity (Wildman–Crippen MR) is 98.7 cm³/mol. The molecule has 1 heterocycles. The van der Waals surface area contributed by atoms with Gasteiger partial charge in [0.05, 0.1) is 5.92 Å². The van der Waals surface area contributed by atoms with Crippen LogP contribution in [-0.4, -0.2) is 41.5 Å². The third kappa shape index (κ3) is 4.38. The molecule has 158 valence electrons. The minimum atomic E-state index is -4.29. The van der Waals surface area contributed by atoms with Crippen molar-refractivity contribution < 1.29 is 27.6 Å². The molecule has 0 bridgehead atoms. The van der Waals surface area contributed by atoms with Gasteiger partial charge < -0.3 is 10.6 Å². The number of halogens is 3. The van der Waals surface area contributed by atoms with E-state index < -0.39 is 48.1 Å². The molecular weight excluding hydrogens is 387 g/mol. The lowest BCUT2D eigenvalue weighted by atomic mass is 9.85. The Balaban J connectivity index is 1.64. The van der Waals surface area contributed by atoms with Gasteiger partial charge in [0.2, 0.25) is 5.91 Å². The lowest BCUT2D eigenvalue weighted by molar-refractivity contribution is -0.184. The summed E-state index contributed by atoms with van der Waals surface area (Å²) < 4.78 is 38.8. The number of alkyl halides is 3. The summed E-state index contributed by atoms with van der Waals surface area (Å²) in [6.45, 7) is 2.93. The van der Waals surface area contributed by atoms with Gasteiger partial charge in [0.25, 0.3) is 5.91 Å². The molecule has 4 amide bonds. The Morgan fingerprint density at radius 1 is 1.24 bits per heavy atom. The van der Waals surface area contributed by atoms with Gasteiger partial charge in [-0.25, -0.2) is 4.79 Å². The van der Waals surface area contributed by atoms with E-state index in [1.54, 1.807) is 19.1 Å². The van der Waals surface area contributed by atoms with Crippen LogP contribution in [0.1, 0.15) is 43.7 Å².